The summed E-state index contributed by atoms with van der Waals surface area (Å²) < 4.78 is 5.02. The van der Waals surface area contributed by atoms with Crippen molar-refractivity contribution in [2.45, 2.75) is 0 Å². The minimum Gasteiger partial charge on any atom is -0.471 e. The molecule has 3 heteroatoms. The second-order valence-electron chi connectivity index (χ2n) is 1.20. The van der Waals surface area contributed by atoms with Crippen LogP contribution in [0.3, 0.4) is 0 Å². The molecule has 1 heterocycles. The molecule has 0 aromatic rings. The molecular weight excluding hydrogens is 110 g/mol. The van der Waals surface area contributed by atoms with Crippen LogP contribution in [0.15, 0.2) is 4.99 Å². The van der Waals surface area contributed by atoms with Crippen LogP contribution >= 0.6 is 11.8 Å². The summed E-state index contributed by atoms with van der Waals surface area (Å²) in [4.78, 5) is 4.01. The minimum atomic E-state index is 0.774. The van der Waals surface area contributed by atoms with Gasteiger partial charge in [-0.05, 0) is 6.26 Å². The van der Waals surface area contributed by atoms with Gasteiger partial charge in [0.05, 0.1) is 6.54 Å². The third kappa shape index (κ3) is 1.09. The van der Waals surface area contributed by atoms with Crippen LogP contribution in [0, 0.1) is 0 Å². The first-order chi connectivity index (χ1) is 3.43. The molecule has 0 saturated carbocycles. The van der Waals surface area contributed by atoms with E-state index in [9.17, 15) is 0 Å². The third-order valence-electron chi connectivity index (χ3n) is 0.732. The third-order valence-corrected chi connectivity index (χ3v) is 1.33. The van der Waals surface area contributed by atoms with Crippen LogP contribution in [0.2, 0.25) is 0 Å². The Kier molecular flexibility index (Phi) is 1.57. The maximum Gasteiger partial charge on any atom is 0.245 e. The van der Waals surface area contributed by atoms with Gasteiger partial charge in [-0.1, -0.05) is 11.8 Å². The lowest BCUT2D eigenvalue weighted by Gasteiger charge is -1.90. The number of aliphatic imine (C=N–C) groups is 1. The van der Waals surface area contributed by atoms with Crippen LogP contribution in [-0.2, 0) is 4.74 Å². The van der Waals surface area contributed by atoms with Crippen molar-refractivity contribution in [3.63, 3.8) is 0 Å². The minimum absolute atomic E-state index is 0.774. The molecule has 1 rings (SSSR count). The number of ether oxygens (including phenoxy) is 1. The van der Waals surface area contributed by atoms with E-state index in [1.54, 1.807) is 11.8 Å². The number of hydrogen-bond acceptors (Lipinski definition) is 3. The molecule has 0 atom stereocenters. The highest BCUT2D eigenvalue weighted by atomic mass is 32.2. The van der Waals surface area contributed by atoms with E-state index in [-0.39, 0.29) is 0 Å². The highest BCUT2D eigenvalue weighted by Crippen LogP contribution is 2.04. The summed E-state index contributed by atoms with van der Waals surface area (Å²) in [6, 6.07) is 0. The largest absolute Gasteiger partial charge is 0.471 e. The van der Waals surface area contributed by atoms with Crippen LogP contribution in [-0.4, -0.2) is 24.6 Å². The predicted octanol–water partition coefficient (Wildman–Crippen LogP) is 0.736. The summed E-state index contributed by atoms with van der Waals surface area (Å²) in [6.45, 7) is 1.62. The van der Waals surface area contributed by atoms with Gasteiger partial charge in [0.2, 0.25) is 5.23 Å². The van der Waals surface area contributed by atoms with E-state index in [4.69, 9.17) is 4.74 Å². The van der Waals surface area contributed by atoms with E-state index >= 15 is 0 Å². The fraction of sp³-hybridized carbons (Fsp3) is 0.750. The normalized spacial score (nSPS) is 18.7. The lowest BCUT2D eigenvalue weighted by molar-refractivity contribution is 0.356. The van der Waals surface area contributed by atoms with Gasteiger partial charge >= 0.3 is 0 Å². The zero-order chi connectivity index (χ0) is 5.11. The van der Waals surface area contributed by atoms with Crippen molar-refractivity contribution in [3.05, 3.63) is 0 Å². The van der Waals surface area contributed by atoms with Crippen molar-refractivity contribution >= 4 is 17.0 Å². The molecule has 40 valence electrons. The van der Waals surface area contributed by atoms with E-state index < -0.39 is 0 Å². The molecule has 0 spiro atoms. The Morgan fingerprint density at radius 3 is 3.00 bits per heavy atom. The van der Waals surface area contributed by atoms with Crippen LogP contribution in [0.25, 0.3) is 0 Å². The highest BCUT2D eigenvalue weighted by Gasteiger charge is 2.02. The highest BCUT2D eigenvalue weighted by molar-refractivity contribution is 8.12. The van der Waals surface area contributed by atoms with Crippen molar-refractivity contribution in [2.24, 2.45) is 4.99 Å². The molecule has 0 aliphatic carbocycles. The van der Waals surface area contributed by atoms with Gasteiger partial charge in [-0.3, -0.25) is 0 Å². The molecule has 0 unspecified atom stereocenters. The number of thioether (sulfide) groups is 1. The summed E-state index contributed by atoms with van der Waals surface area (Å²) in [7, 11) is 0. The maximum atomic E-state index is 5.02. The second-order valence-corrected chi connectivity index (χ2v) is 1.96. The predicted molar refractivity (Wildman–Crippen MR) is 31.8 cm³/mol. The van der Waals surface area contributed by atoms with Gasteiger partial charge in [-0.15, -0.1) is 0 Å². The van der Waals surface area contributed by atoms with Crippen LogP contribution < -0.4 is 0 Å². The first-order valence-corrected chi connectivity index (χ1v) is 3.37. The molecule has 0 fully saturated rings. The standard InChI is InChI=1S/C4H7NOS/c1-7-4-5-2-3-6-4/h2-3H2,1H3. The molecule has 1 aliphatic rings. The van der Waals surface area contributed by atoms with Crippen LogP contribution in [0.1, 0.15) is 0 Å². The summed E-state index contributed by atoms with van der Waals surface area (Å²) in [5.41, 5.74) is 0. The maximum absolute atomic E-state index is 5.02. The molecule has 7 heavy (non-hydrogen) atoms. The fourth-order valence-electron chi connectivity index (χ4n) is 0.439. The molecule has 0 aromatic heterocycles. The molecule has 0 N–H and O–H groups in total. The van der Waals surface area contributed by atoms with E-state index in [1.807, 2.05) is 6.26 Å². The fourth-order valence-corrected chi connectivity index (χ4v) is 0.861. The average molecular weight is 117 g/mol. The SMILES string of the molecule is CSC1=NCCO1. The zero-order valence-corrected chi connectivity index (χ0v) is 4.99. The van der Waals surface area contributed by atoms with E-state index in [2.05, 4.69) is 4.99 Å². The Morgan fingerprint density at radius 1 is 1.86 bits per heavy atom. The monoisotopic (exact) mass is 117 g/mol. The Morgan fingerprint density at radius 2 is 2.71 bits per heavy atom. The molecule has 0 aromatic carbocycles. The van der Waals surface area contributed by atoms with Gasteiger partial charge in [0, 0.05) is 0 Å². The van der Waals surface area contributed by atoms with Gasteiger partial charge in [0.15, 0.2) is 0 Å². The summed E-state index contributed by atoms with van der Waals surface area (Å²) in [6.07, 6.45) is 1.96. The van der Waals surface area contributed by atoms with Crippen molar-refractivity contribution in [1.29, 1.82) is 0 Å². The first-order valence-electron chi connectivity index (χ1n) is 2.15. The van der Waals surface area contributed by atoms with Gasteiger partial charge in [0.1, 0.15) is 6.61 Å². The van der Waals surface area contributed by atoms with Gasteiger partial charge < -0.3 is 4.74 Å². The summed E-state index contributed by atoms with van der Waals surface area (Å²) >= 11 is 1.56. The molecule has 0 saturated heterocycles. The molecule has 2 nitrogen and oxygen atoms in total. The lowest BCUT2D eigenvalue weighted by Crippen LogP contribution is -1.89. The van der Waals surface area contributed by atoms with Gasteiger partial charge in [-0.25, -0.2) is 4.99 Å². The second kappa shape index (κ2) is 2.21. The Balaban J connectivity index is 2.36. The van der Waals surface area contributed by atoms with Crippen LogP contribution in [0.5, 0.6) is 0 Å². The lowest BCUT2D eigenvalue weighted by atomic mass is 10.8. The molecule has 1 aliphatic heterocycles. The number of rotatable bonds is 0. The van der Waals surface area contributed by atoms with Crippen molar-refractivity contribution in [1.82, 2.24) is 0 Å². The van der Waals surface area contributed by atoms with Crippen molar-refractivity contribution in [2.75, 3.05) is 19.4 Å². The molecule has 0 bridgehead atoms. The number of nitrogens with zero attached hydrogens (tertiary/aromatic N) is 1. The molecule has 0 radical (unpaired) electrons. The van der Waals surface area contributed by atoms with Crippen molar-refractivity contribution in [3.8, 4) is 0 Å². The number of hydrogen-bond donors (Lipinski definition) is 0. The summed E-state index contributed by atoms with van der Waals surface area (Å²) in [5, 5.41) is 0.833. The molecular formula is C4H7NOS. The van der Waals surface area contributed by atoms with E-state index in [0.29, 0.717) is 0 Å². The van der Waals surface area contributed by atoms with E-state index in [0.717, 1.165) is 18.4 Å². The first kappa shape index (κ1) is 4.97. The Bertz CT molecular complexity index is 91.7. The topological polar surface area (TPSA) is 21.6 Å². The van der Waals surface area contributed by atoms with Crippen LogP contribution in [0.4, 0.5) is 0 Å². The quantitative estimate of drug-likeness (QED) is 0.466. The van der Waals surface area contributed by atoms with Crippen molar-refractivity contribution < 1.29 is 4.74 Å². The Labute approximate surface area is 47.0 Å². The van der Waals surface area contributed by atoms with E-state index in [1.165, 1.54) is 0 Å². The van der Waals surface area contributed by atoms with Gasteiger partial charge in [0.25, 0.3) is 0 Å². The zero-order valence-electron chi connectivity index (χ0n) is 4.18. The smallest absolute Gasteiger partial charge is 0.245 e. The Hall–Kier alpha value is -0.180. The van der Waals surface area contributed by atoms with Gasteiger partial charge in [-0.2, -0.15) is 0 Å². The molecule has 0 amide bonds. The average Bonchev–Trinajstić information content (AvgIpc) is 2.14. The summed E-state index contributed by atoms with van der Waals surface area (Å²) in [5.74, 6) is 0.